The van der Waals surface area contributed by atoms with Crippen molar-refractivity contribution in [2.45, 2.75) is 119 Å². The smallest absolute Gasteiger partial charge is 0.326 e. The summed E-state index contributed by atoms with van der Waals surface area (Å²) < 4.78 is 0. The zero-order valence-corrected chi connectivity index (χ0v) is 42.9. The van der Waals surface area contributed by atoms with Crippen molar-refractivity contribution in [3.63, 3.8) is 0 Å². The van der Waals surface area contributed by atoms with E-state index < -0.39 is 4.92 Å². The van der Waals surface area contributed by atoms with Crippen LogP contribution in [0.1, 0.15) is 126 Å². The number of urea groups is 2. The van der Waals surface area contributed by atoms with E-state index in [1.165, 1.54) is 11.6 Å². The number of nitrogens with two attached hydrogens (primary N) is 1. The Bertz CT molecular complexity index is 2710. The Kier molecular flexibility index (Phi) is 17.1. The number of carbonyl (C=O) groups is 2. The molecule has 2 atom stereocenters. The lowest BCUT2D eigenvalue weighted by atomic mass is 9.84. The molecule has 6 aromatic rings. The van der Waals surface area contributed by atoms with Crippen molar-refractivity contribution in [2.75, 3.05) is 26.2 Å². The number of nitro benzene ring substituents is 1. The van der Waals surface area contributed by atoms with Crippen LogP contribution in [0.4, 0.5) is 43.7 Å². The minimum absolute atomic E-state index is 0.0297. The van der Waals surface area contributed by atoms with Gasteiger partial charge < -0.3 is 16.4 Å². The number of halogens is 2. The maximum absolute atomic E-state index is 13.9. The van der Waals surface area contributed by atoms with Crippen LogP contribution in [0.5, 0.6) is 0 Å². The number of aryl methyl sites for hydroxylation is 2. The van der Waals surface area contributed by atoms with Gasteiger partial charge in [0.1, 0.15) is 0 Å². The number of nitrogens with one attached hydrogen (secondary N) is 2. The van der Waals surface area contributed by atoms with Crippen molar-refractivity contribution in [3.05, 3.63) is 186 Å². The van der Waals surface area contributed by atoms with Crippen LogP contribution in [-0.2, 0) is 23.7 Å². The molecule has 0 radical (unpaired) electrons. The lowest BCUT2D eigenvalue weighted by molar-refractivity contribution is -0.385. The zero-order valence-electron chi connectivity index (χ0n) is 41.4. The molecule has 0 saturated carbocycles. The topological polar surface area (TPSA) is 134 Å². The first-order valence-electron chi connectivity index (χ1n) is 23.0. The summed E-state index contributed by atoms with van der Waals surface area (Å²) in [5.74, 6) is 0. The fourth-order valence-corrected chi connectivity index (χ4v) is 8.38. The highest BCUT2D eigenvalue weighted by molar-refractivity contribution is 6.30. The zero-order chi connectivity index (χ0) is 50.2. The molecule has 68 heavy (non-hydrogen) atoms. The van der Waals surface area contributed by atoms with Crippen LogP contribution >= 0.6 is 23.2 Å². The Morgan fingerprint density at radius 2 is 0.941 bits per heavy atom. The molecule has 0 aromatic heterocycles. The van der Waals surface area contributed by atoms with Gasteiger partial charge in [-0.25, -0.2) is 9.59 Å². The highest BCUT2D eigenvalue weighted by atomic mass is 35.5. The first-order valence-corrected chi connectivity index (χ1v) is 23.8. The average molecular weight is 958 g/mol. The number of nitro groups is 1. The second-order valence-electron chi connectivity index (χ2n) is 19.2. The molecule has 4 N–H and O–H groups in total. The third-order valence-corrected chi connectivity index (χ3v) is 12.9. The molecule has 0 spiro atoms. The lowest BCUT2D eigenvalue weighted by Crippen LogP contribution is -2.38. The van der Waals surface area contributed by atoms with Crippen molar-refractivity contribution < 1.29 is 14.5 Å². The molecule has 6 rings (SSSR count). The van der Waals surface area contributed by atoms with Gasteiger partial charge in [-0.3, -0.25) is 19.9 Å². The molecule has 6 aromatic carbocycles. The van der Waals surface area contributed by atoms with Crippen LogP contribution < -0.4 is 26.2 Å². The fraction of sp³-hybridized carbons (Fsp3) is 0.321. The molecule has 358 valence electrons. The van der Waals surface area contributed by atoms with Gasteiger partial charge in [0.2, 0.25) is 0 Å². The van der Waals surface area contributed by atoms with Gasteiger partial charge in [0.15, 0.2) is 0 Å². The second kappa shape index (κ2) is 22.2. The first-order chi connectivity index (χ1) is 32.0. The van der Waals surface area contributed by atoms with Crippen LogP contribution in [0.15, 0.2) is 121 Å². The number of anilines is 5. The number of nitrogens with zero attached hydrogens (tertiary/aromatic N) is 3. The van der Waals surface area contributed by atoms with E-state index in [4.69, 9.17) is 28.9 Å². The van der Waals surface area contributed by atoms with Gasteiger partial charge in [-0.15, -0.1) is 0 Å². The van der Waals surface area contributed by atoms with E-state index in [0.29, 0.717) is 27.0 Å². The highest BCUT2D eigenvalue weighted by Gasteiger charge is 2.30. The Morgan fingerprint density at radius 1 is 0.588 bits per heavy atom. The fourth-order valence-electron chi connectivity index (χ4n) is 8.13. The quantitative estimate of drug-likeness (QED) is 0.0675. The minimum Gasteiger partial charge on any atom is -0.398 e. The van der Waals surface area contributed by atoms with E-state index >= 15 is 0 Å². The molecule has 4 amide bonds. The largest absolute Gasteiger partial charge is 0.398 e. The molecular weight excluding hydrogens is 892 g/mol. The number of hydrogen-bond acceptors (Lipinski definition) is 5. The highest BCUT2D eigenvalue weighted by Crippen LogP contribution is 2.39. The standard InChI is InChI=1S/C28H32ClN3O3.C28H34ClN3O/c1-7-20-8-14-23(15-9-20)31(19(3)21-10-12-22(29)13-11-21)27(33)30-26-18(2)25(32(34)35)17-16-24(26)28(4,5)6;1-7-20-8-14-23(15-9-20)32(19(3)21-10-12-22(29)13-11-21)27(33)31-26-18(2)25(30)17-16-24(26)28(4,5)6/h8-17,19H,7H2,1-6H3,(H,30,33);8-17,19H,7,30H2,1-6H3,(H,31,33)/t2*19-/m00/s1. The maximum Gasteiger partial charge on any atom is 0.326 e. The van der Waals surface area contributed by atoms with Crippen LogP contribution in [0.3, 0.4) is 0 Å². The van der Waals surface area contributed by atoms with Crippen LogP contribution in [0.25, 0.3) is 0 Å². The van der Waals surface area contributed by atoms with E-state index in [1.807, 2.05) is 126 Å². The van der Waals surface area contributed by atoms with Gasteiger partial charge >= 0.3 is 12.1 Å². The number of benzene rings is 6. The van der Waals surface area contributed by atoms with E-state index in [0.717, 1.165) is 63.3 Å². The van der Waals surface area contributed by atoms with Gasteiger partial charge in [-0.1, -0.05) is 133 Å². The molecule has 10 nitrogen and oxygen atoms in total. The predicted octanol–water partition coefficient (Wildman–Crippen LogP) is 16.1. The first kappa shape index (κ1) is 52.6. The van der Waals surface area contributed by atoms with Crippen molar-refractivity contribution >= 4 is 69.4 Å². The molecule has 0 bridgehead atoms. The van der Waals surface area contributed by atoms with Crippen molar-refractivity contribution in [2.24, 2.45) is 0 Å². The molecule has 0 aliphatic heterocycles. The predicted molar refractivity (Wildman–Crippen MR) is 285 cm³/mol. The third kappa shape index (κ3) is 12.6. The van der Waals surface area contributed by atoms with Crippen LogP contribution in [0.2, 0.25) is 10.0 Å². The van der Waals surface area contributed by atoms with E-state index in [1.54, 1.807) is 34.9 Å². The number of hydrogen-bond donors (Lipinski definition) is 3. The molecule has 0 saturated heterocycles. The van der Waals surface area contributed by atoms with Crippen molar-refractivity contribution in [3.8, 4) is 0 Å². The van der Waals surface area contributed by atoms with Crippen LogP contribution in [0, 0.1) is 24.0 Å². The SMILES string of the molecule is CCc1ccc(N(C(=O)Nc2c(C(C)(C)C)ccc(N)c2C)[C@@H](C)c2ccc(Cl)cc2)cc1.CCc1ccc(N(C(=O)Nc2c(C(C)(C)C)ccc([N+](=O)[O-])c2C)[C@@H](C)c2ccc(Cl)cc2)cc1. The maximum atomic E-state index is 13.9. The Morgan fingerprint density at radius 3 is 1.28 bits per heavy atom. The summed E-state index contributed by atoms with van der Waals surface area (Å²) in [4.78, 5) is 42.4. The second-order valence-corrected chi connectivity index (χ2v) is 20.1. The summed E-state index contributed by atoms with van der Waals surface area (Å²) in [7, 11) is 0. The van der Waals surface area contributed by atoms with Gasteiger partial charge in [0.05, 0.1) is 33.9 Å². The summed E-state index contributed by atoms with van der Waals surface area (Å²) in [5.41, 5.74) is 16.6. The van der Waals surface area contributed by atoms with Gasteiger partial charge in [0, 0.05) is 33.2 Å². The van der Waals surface area contributed by atoms with Crippen LogP contribution in [-0.4, -0.2) is 17.0 Å². The van der Waals surface area contributed by atoms with Gasteiger partial charge in [-0.05, 0) is 151 Å². The molecule has 0 fully saturated rings. The Labute approximate surface area is 413 Å². The van der Waals surface area contributed by atoms with Gasteiger partial charge in [-0.2, -0.15) is 0 Å². The number of rotatable bonds is 11. The molecule has 0 aliphatic rings. The molecular formula is C56H66Cl2N6O4. The number of nitrogen functional groups attached to an aromatic ring is 1. The van der Waals surface area contributed by atoms with E-state index in [-0.39, 0.29) is 40.7 Å². The normalized spacial score (nSPS) is 12.3. The lowest BCUT2D eigenvalue weighted by Gasteiger charge is -2.32. The average Bonchev–Trinajstić information content (AvgIpc) is 3.29. The summed E-state index contributed by atoms with van der Waals surface area (Å²) >= 11 is 12.2. The molecule has 0 unspecified atom stereocenters. The third-order valence-electron chi connectivity index (χ3n) is 12.4. The monoisotopic (exact) mass is 956 g/mol. The Hall–Kier alpha value is -6.36. The number of carbonyl (C=O) groups excluding carboxylic acids is 2. The Balaban J connectivity index is 0.000000255. The minimum atomic E-state index is -0.422. The van der Waals surface area contributed by atoms with Crippen molar-refractivity contribution in [1.29, 1.82) is 0 Å². The van der Waals surface area contributed by atoms with Gasteiger partial charge in [0.25, 0.3) is 5.69 Å². The number of amides is 4. The summed E-state index contributed by atoms with van der Waals surface area (Å²) in [6.45, 7) is 24.2. The van der Waals surface area contributed by atoms with E-state index in [2.05, 4.69) is 57.4 Å². The van der Waals surface area contributed by atoms with E-state index in [9.17, 15) is 19.7 Å². The summed E-state index contributed by atoms with van der Waals surface area (Å²) in [5, 5.41) is 19.1. The molecule has 0 heterocycles. The summed E-state index contributed by atoms with van der Waals surface area (Å²) in [6, 6.07) is 37.0. The molecule has 12 heteroatoms. The summed E-state index contributed by atoms with van der Waals surface area (Å²) in [6.07, 6.45) is 1.83. The molecule has 0 aliphatic carbocycles. The van der Waals surface area contributed by atoms with Crippen molar-refractivity contribution in [1.82, 2.24) is 0 Å².